The van der Waals surface area contributed by atoms with Crippen molar-refractivity contribution in [2.45, 2.75) is 101 Å². The molecular weight excluding hydrogens is 552 g/mol. The Kier molecular flexibility index (Phi) is 7.26. The van der Waals surface area contributed by atoms with Gasteiger partial charge in [0.1, 0.15) is 18.3 Å². The van der Waals surface area contributed by atoms with Gasteiger partial charge in [-0.05, 0) is 38.0 Å². The number of aliphatic hydroxyl groups excluding tert-OH is 1. The van der Waals surface area contributed by atoms with Crippen molar-refractivity contribution in [1.29, 1.82) is 0 Å². The Morgan fingerprint density at radius 3 is 2.17 bits per heavy atom. The van der Waals surface area contributed by atoms with Crippen molar-refractivity contribution in [3.05, 3.63) is 0 Å². The van der Waals surface area contributed by atoms with Gasteiger partial charge in [-0.3, -0.25) is 14.4 Å². The number of carbonyl (C=O) groups is 3. The third kappa shape index (κ3) is 3.53. The first-order valence-corrected chi connectivity index (χ1v) is 15.0. The van der Waals surface area contributed by atoms with Gasteiger partial charge in [0.25, 0.3) is 0 Å². The fourth-order valence-corrected chi connectivity index (χ4v) is 11.3. The number of hydrogen-bond donors (Lipinski definition) is 1. The number of aliphatic hydroxyl groups is 1. The van der Waals surface area contributed by atoms with Gasteiger partial charge in [-0.25, -0.2) is 0 Å². The molecule has 12 heteroatoms. The Hall–Kier alpha value is -1.83. The van der Waals surface area contributed by atoms with E-state index in [0.29, 0.717) is 32.3 Å². The molecule has 1 aliphatic heterocycles. The molecule has 1 unspecified atom stereocenters. The average molecular weight is 597 g/mol. The first-order valence-electron chi connectivity index (χ1n) is 15.0. The van der Waals surface area contributed by atoms with Crippen LogP contribution in [-0.2, 0) is 52.3 Å². The number of fused-ring (bicyclic) bond motifs is 4. The van der Waals surface area contributed by atoms with Gasteiger partial charge in [0.2, 0.25) is 0 Å². The normalized spacial score (nSPS) is 51.1. The molecule has 0 radical (unpaired) electrons. The van der Waals surface area contributed by atoms with Crippen LogP contribution in [0, 0.1) is 35.0 Å². The highest BCUT2D eigenvalue weighted by atomic mass is 16.6. The molecule has 0 amide bonds. The number of hydrogen-bond acceptors (Lipinski definition) is 12. The van der Waals surface area contributed by atoms with Crippen LogP contribution >= 0.6 is 0 Å². The lowest BCUT2D eigenvalue weighted by Gasteiger charge is -2.54. The van der Waals surface area contributed by atoms with Gasteiger partial charge in [0, 0.05) is 72.9 Å². The van der Waals surface area contributed by atoms with E-state index in [1.54, 1.807) is 21.3 Å². The van der Waals surface area contributed by atoms with E-state index < -0.39 is 76.7 Å². The number of rotatable bonds is 9. The second-order valence-electron chi connectivity index (χ2n) is 13.1. The topological polar surface area (TPSA) is 145 Å². The summed E-state index contributed by atoms with van der Waals surface area (Å²) >= 11 is 0. The van der Waals surface area contributed by atoms with E-state index in [-0.39, 0.29) is 30.3 Å². The SMILES string of the molecule is CCO[C@@]12C[C@H](OC)[C@@]3(OC(C)=O)C[C@@H]([C@@H]4[C@H]1[C@H](OC)[C@H]1C45CC[C@@H](OC(C)=O)[C@@]1(COC)[C@H](O)O5)[C@@H]2[C@H]3OC(C)=O. The van der Waals surface area contributed by atoms with Gasteiger partial charge in [-0.2, -0.15) is 0 Å². The minimum atomic E-state index is -1.27. The number of esters is 3. The maximum atomic E-state index is 12.6. The van der Waals surface area contributed by atoms with Crippen LogP contribution in [0.5, 0.6) is 0 Å². The van der Waals surface area contributed by atoms with Crippen LogP contribution in [0.1, 0.15) is 53.4 Å². The molecule has 12 nitrogen and oxygen atoms in total. The van der Waals surface area contributed by atoms with Crippen LogP contribution in [0.3, 0.4) is 0 Å². The monoisotopic (exact) mass is 596 g/mol. The zero-order valence-corrected chi connectivity index (χ0v) is 25.5. The minimum Gasteiger partial charge on any atom is -0.462 e. The van der Waals surface area contributed by atoms with E-state index in [9.17, 15) is 19.5 Å². The van der Waals surface area contributed by atoms with Crippen molar-refractivity contribution in [1.82, 2.24) is 0 Å². The lowest BCUT2D eigenvalue weighted by Crippen LogP contribution is -2.68. The molecular formula is C30H44O12. The molecule has 5 aliphatic carbocycles. The molecule has 1 heterocycles. The highest BCUT2D eigenvalue weighted by molar-refractivity contribution is 5.68. The number of carbonyl (C=O) groups excluding carboxylic acids is 3. The van der Waals surface area contributed by atoms with E-state index >= 15 is 0 Å². The van der Waals surface area contributed by atoms with E-state index in [0.717, 1.165) is 0 Å². The molecule has 4 bridgehead atoms. The van der Waals surface area contributed by atoms with E-state index in [1.807, 2.05) is 6.92 Å². The largest absolute Gasteiger partial charge is 0.462 e. The van der Waals surface area contributed by atoms with Crippen LogP contribution < -0.4 is 0 Å². The maximum Gasteiger partial charge on any atom is 0.303 e. The molecule has 0 spiro atoms. The zero-order valence-electron chi connectivity index (χ0n) is 25.5. The highest BCUT2D eigenvalue weighted by Gasteiger charge is 2.89. The predicted octanol–water partition coefficient (Wildman–Crippen LogP) is 1.39. The summed E-state index contributed by atoms with van der Waals surface area (Å²) in [5.74, 6) is -2.76. The van der Waals surface area contributed by atoms with Crippen molar-refractivity contribution >= 4 is 17.9 Å². The molecule has 6 fully saturated rings. The summed E-state index contributed by atoms with van der Waals surface area (Å²) in [5.41, 5.74) is -4.03. The molecule has 6 rings (SSSR count). The van der Waals surface area contributed by atoms with Gasteiger partial charge >= 0.3 is 17.9 Å². The van der Waals surface area contributed by atoms with Gasteiger partial charge in [-0.1, -0.05) is 0 Å². The molecule has 1 saturated heterocycles. The first-order chi connectivity index (χ1) is 19.9. The molecule has 236 valence electrons. The number of ether oxygens (including phenoxy) is 8. The van der Waals surface area contributed by atoms with Gasteiger partial charge in [-0.15, -0.1) is 0 Å². The molecule has 0 aromatic heterocycles. The lowest BCUT2D eigenvalue weighted by atomic mass is 9.58. The van der Waals surface area contributed by atoms with Crippen molar-refractivity contribution in [3.63, 3.8) is 0 Å². The summed E-state index contributed by atoms with van der Waals surface area (Å²) in [4.78, 5) is 37.4. The lowest BCUT2D eigenvalue weighted by molar-refractivity contribution is -0.266. The Morgan fingerprint density at radius 1 is 0.881 bits per heavy atom. The first kappa shape index (κ1) is 30.2. The van der Waals surface area contributed by atoms with Crippen molar-refractivity contribution in [2.24, 2.45) is 35.0 Å². The van der Waals surface area contributed by atoms with Crippen LogP contribution in [0.4, 0.5) is 0 Å². The van der Waals surface area contributed by atoms with Crippen LogP contribution in [0.15, 0.2) is 0 Å². The Balaban J connectivity index is 1.56. The fourth-order valence-electron chi connectivity index (χ4n) is 11.3. The highest BCUT2D eigenvalue weighted by Crippen LogP contribution is 2.79. The minimum absolute atomic E-state index is 0.0989. The van der Waals surface area contributed by atoms with E-state index in [1.165, 1.54) is 20.8 Å². The molecule has 42 heavy (non-hydrogen) atoms. The fraction of sp³-hybridized carbons (Fsp3) is 0.900. The van der Waals surface area contributed by atoms with Crippen LogP contribution in [0.25, 0.3) is 0 Å². The van der Waals surface area contributed by atoms with E-state index in [4.69, 9.17) is 37.9 Å². The standard InChI is InChI=1S/C30H44O12/c1-8-38-30-12-19(36-6)29(41-16(4)33)11-17(21(30)25(29)40-15(3)32)20-22(30)23(37-7)24-27(13-35-5)18(39-14(2)31)9-10-28(20,24)42-26(27)34/h17-26,34H,8-13H2,1-7H3/t17-,18+,19-,20+,21+,22-,23-,24+,25+,26+,27+,28?,29-,30+/m0/s1. The van der Waals surface area contributed by atoms with E-state index in [2.05, 4.69) is 0 Å². The average Bonchev–Trinajstić information content (AvgIpc) is 3.49. The summed E-state index contributed by atoms with van der Waals surface area (Å²) in [6.45, 7) is 6.48. The van der Waals surface area contributed by atoms with Gasteiger partial charge in [0.05, 0.1) is 29.3 Å². The Morgan fingerprint density at radius 2 is 1.60 bits per heavy atom. The molecule has 6 aliphatic rings. The van der Waals surface area contributed by atoms with Crippen molar-refractivity contribution < 1.29 is 57.4 Å². The smallest absolute Gasteiger partial charge is 0.303 e. The summed E-state index contributed by atoms with van der Waals surface area (Å²) in [6, 6.07) is 0. The molecule has 14 atom stereocenters. The van der Waals surface area contributed by atoms with Gasteiger partial charge in [0.15, 0.2) is 11.9 Å². The second-order valence-corrected chi connectivity index (χ2v) is 13.1. The van der Waals surface area contributed by atoms with Crippen molar-refractivity contribution in [2.75, 3.05) is 34.5 Å². The van der Waals surface area contributed by atoms with Crippen molar-refractivity contribution in [3.8, 4) is 0 Å². The van der Waals surface area contributed by atoms with Crippen LogP contribution in [-0.4, -0.2) is 105 Å². The molecule has 0 aromatic rings. The predicted molar refractivity (Wildman–Crippen MR) is 142 cm³/mol. The molecule has 5 saturated carbocycles. The summed E-state index contributed by atoms with van der Waals surface area (Å²) in [7, 11) is 4.79. The second kappa shape index (κ2) is 10.1. The van der Waals surface area contributed by atoms with Crippen LogP contribution in [0.2, 0.25) is 0 Å². The summed E-state index contributed by atoms with van der Waals surface area (Å²) in [5, 5.41) is 11.7. The number of methoxy groups -OCH3 is 3. The third-order valence-corrected chi connectivity index (χ3v) is 11.7. The summed E-state index contributed by atoms with van der Waals surface area (Å²) < 4.78 is 49.8. The maximum absolute atomic E-state index is 12.6. The van der Waals surface area contributed by atoms with Gasteiger partial charge < -0.3 is 43.0 Å². The Bertz CT molecular complexity index is 1130. The molecule has 0 aromatic carbocycles. The zero-order chi connectivity index (χ0) is 30.4. The third-order valence-electron chi connectivity index (χ3n) is 11.7. The Labute approximate surface area is 245 Å². The quantitative estimate of drug-likeness (QED) is 0.303. The summed E-state index contributed by atoms with van der Waals surface area (Å²) in [6.07, 6.45) is -2.06. The molecule has 1 N–H and O–H groups in total.